The van der Waals surface area contributed by atoms with Crippen LogP contribution in [-0.4, -0.2) is 10.9 Å². The molecule has 0 atom stereocenters. The van der Waals surface area contributed by atoms with Crippen LogP contribution in [0.3, 0.4) is 0 Å². The van der Waals surface area contributed by atoms with Crippen molar-refractivity contribution in [3.63, 3.8) is 0 Å². The van der Waals surface area contributed by atoms with Gasteiger partial charge in [0, 0.05) is 24.5 Å². The third-order valence-electron chi connectivity index (χ3n) is 2.88. The molecule has 1 aromatic heterocycles. The molecule has 0 radical (unpaired) electrons. The van der Waals surface area contributed by atoms with E-state index in [1.54, 1.807) is 0 Å². The van der Waals surface area contributed by atoms with Crippen LogP contribution in [0.4, 0.5) is 0 Å². The van der Waals surface area contributed by atoms with Crippen molar-refractivity contribution in [1.82, 2.24) is 4.57 Å². The van der Waals surface area contributed by atoms with Gasteiger partial charge in [0.05, 0.1) is 0 Å². The summed E-state index contributed by atoms with van der Waals surface area (Å²) in [6.45, 7) is 0.987. The van der Waals surface area contributed by atoms with Crippen LogP contribution in [0.25, 0.3) is 0 Å². The zero-order valence-electron chi connectivity index (χ0n) is 9.88. The highest BCUT2D eigenvalue weighted by Gasteiger charge is 1.96. The van der Waals surface area contributed by atoms with Crippen LogP contribution < -0.4 is 0 Å². The van der Waals surface area contributed by atoms with E-state index in [1.807, 2.05) is 24.5 Å². The van der Waals surface area contributed by atoms with Crippen LogP contribution in [0.1, 0.15) is 28.8 Å². The van der Waals surface area contributed by atoms with E-state index in [4.69, 9.17) is 0 Å². The molecule has 0 bridgehead atoms. The molecule has 2 nitrogen and oxygen atoms in total. The molecular weight excluding hydrogens is 210 g/mol. The number of benzene rings is 1. The first kappa shape index (κ1) is 11.6. The van der Waals surface area contributed by atoms with Gasteiger partial charge in [0.25, 0.3) is 0 Å². The van der Waals surface area contributed by atoms with E-state index in [-0.39, 0.29) is 0 Å². The quantitative estimate of drug-likeness (QED) is 0.548. The lowest BCUT2D eigenvalue weighted by Crippen LogP contribution is -1.95. The average Bonchev–Trinajstić information content (AvgIpc) is 2.84. The number of hydrogen-bond donors (Lipinski definition) is 0. The lowest BCUT2D eigenvalue weighted by molar-refractivity contribution is 0.112. The standard InChI is InChI=1S/C15H17NO/c17-13-15-9-11-16(12-15)10-5-4-8-14-6-2-1-3-7-14/h1-3,6-7,9,11-13H,4-5,8,10H2. The number of carbonyl (C=O) groups excluding carboxylic acids is 1. The molecule has 0 spiro atoms. The van der Waals surface area contributed by atoms with E-state index in [0.717, 1.165) is 31.2 Å². The Balaban J connectivity index is 1.71. The Morgan fingerprint density at radius 3 is 2.59 bits per heavy atom. The molecule has 0 unspecified atom stereocenters. The highest BCUT2D eigenvalue weighted by molar-refractivity contribution is 5.74. The second kappa shape index (κ2) is 6.04. The van der Waals surface area contributed by atoms with Crippen molar-refractivity contribution in [2.45, 2.75) is 25.8 Å². The highest BCUT2D eigenvalue weighted by Crippen LogP contribution is 2.06. The number of aldehydes is 1. The molecule has 0 fully saturated rings. The zero-order valence-corrected chi connectivity index (χ0v) is 9.88. The van der Waals surface area contributed by atoms with Crippen LogP contribution in [0.5, 0.6) is 0 Å². The van der Waals surface area contributed by atoms with Gasteiger partial charge in [0.1, 0.15) is 0 Å². The maximum atomic E-state index is 10.5. The van der Waals surface area contributed by atoms with Crippen molar-refractivity contribution < 1.29 is 4.79 Å². The van der Waals surface area contributed by atoms with Gasteiger partial charge in [-0.15, -0.1) is 0 Å². The SMILES string of the molecule is O=Cc1ccn(CCCCc2ccccc2)c1. The number of hydrogen-bond acceptors (Lipinski definition) is 1. The van der Waals surface area contributed by atoms with E-state index >= 15 is 0 Å². The predicted octanol–water partition coefficient (Wildman–Crippen LogP) is 3.32. The van der Waals surface area contributed by atoms with Gasteiger partial charge in [-0.3, -0.25) is 4.79 Å². The molecule has 2 heteroatoms. The van der Waals surface area contributed by atoms with Crippen molar-refractivity contribution in [3.8, 4) is 0 Å². The Morgan fingerprint density at radius 1 is 1.06 bits per heavy atom. The fourth-order valence-electron chi connectivity index (χ4n) is 1.94. The Morgan fingerprint density at radius 2 is 1.88 bits per heavy atom. The van der Waals surface area contributed by atoms with Gasteiger partial charge in [-0.2, -0.15) is 0 Å². The monoisotopic (exact) mass is 227 g/mol. The molecule has 0 aliphatic carbocycles. The maximum Gasteiger partial charge on any atom is 0.151 e. The van der Waals surface area contributed by atoms with E-state index in [1.165, 1.54) is 12.0 Å². The van der Waals surface area contributed by atoms with Crippen LogP contribution in [0, 0.1) is 0 Å². The molecule has 0 aliphatic rings. The minimum atomic E-state index is 0.757. The maximum absolute atomic E-state index is 10.5. The molecule has 1 heterocycles. The Kier molecular flexibility index (Phi) is 4.14. The topological polar surface area (TPSA) is 22.0 Å². The Labute approximate surface area is 102 Å². The zero-order chi connectivity index (χ0) is 11.9. The normalized spacial score (nSPS) is 10.4. The Bertz CT molecular complexity index is 459. The summed E-state index contributed by atoms with van der Waals surface area (Å²) in [5, 5.41) is 0. The van der Waals surface area contributed by atoms with Crippen molar-refractivity contribution >= 4 is 6.29 Å². The van der Waals surface area contributed by atoms with Crippen molar-refractivity contribution in [2.24, 2.45) is 0 Å². The largest absolute Gasteiger partial charge is 0.354 e. The lowest BCUT2D eigenvalue weighted by Gasteiger charge is -2.03. The molecule has 2 rings (SSSR count). The molecule has 17 heavy (non-hydrogen) atoms. The summed E-state index contributed by atoms with van der Waals surface area (Å²) in [5.41, 5.74) is 2.15. The van der Waals surface area contributed by atoms with E-state index in [2.05, 4.69) is 28.8 Å². The Hall–Kier alpha value is -1.83. The molecular formula is C15H17NO. The highest BCUT2D eigenvalue weighted by atomic mass is 16.1. The van der Waals surface area contributed by atoms with Crippen molar-refractivity contribution in [3.05, 3.63) is 59.9 Å². The molecule has 0 N–H and O–H groups in total. The summed E-state index contributed by atoms with van der Waals surface area (Å²) >= 11 is 0. The fourth-order valence-corrected chi connectivity index (χ4v) is 1.94. The van der Waals surface area contributed by atoms with E-state index in [9.17, 15) is 4.79 Å². The van der Waals surface area contributed by atoms with Crippen LogP contribution in [0.15, 0.2) is 48.8 Å². The number of unbranched alkanes of at least 4 members (excludes halogenated alkanes) is 1. The van der Waals surface area contributed by atoms with Crippen molar-refractivity contribution in [1.29, 1.82) is 0 Å². The van der Waals surface area contributed by atoms with Gasteiger partial charge in [-0.25, -0.2) is 0 Å². The first-order valence-electron chi connectivity index (χ1n) is 6.03. The third kappa shape index (κ3) is 3.59. The second-order valence-electron chi connectivity index (χ2n) is 4.24. The van der Waals surface area contributed by atoms with Gasteiger partial charge in [-0.1, -0.05) is 30.3 Å². The average molecular weight is 227 g/mol. The molecule has 2 aromatic rings. The molecule has 0 saturated carbocycles. The van der Waals surface area contributed by atoms with E-state index in [0.29, 0.717) is 0 Å². The molecule has 0 aliphatic heterocycles. The number of rotatable bonds is 6. The summed E-state index contributed by atoms with van der Waals surface area (Å²) in [7, 11) is 0. The first-order valence-corrected chi connectivity index (χ1v) is 6.03. The van der Waals surface area contributed by atoms with Crippen LogP contribution in [-0.2, 0) is 13.0 Å². The van der Waals surface area contributed by atoms with Crippen LogP contribution >= 0.6 is 0 Å². The second-order valence-corrected chi connectivity index (χ2v) is 4.24. The minimum Gasteiger partial charge on any atom is -0.354 e. The number of carbonyl (C=O) groups is 1. The molecule has 88 valence electrons. The fraction of sp³-hybridized carbons (Fsp3) is 0.267. The van der Waals surface area contributed by atoms with E-state index < -0.39 is 0 Å². The van der Waals surface area contributed by atoms with Gasteiger partial charge < -0.3 is 4.57 Å². The van der Waals surface area contributed by atoms with Gasteiger partial charge >= 0.3 is 0 Å². The number of aryl methyl sites for hydroxylation is 2. The predicted molar refractivity (Wildman–Crippen MR) is 69.2 cm³/mol. The molecule has 0 saturated heterocycles. The lowest BCUT2D eigenvalue weighted by atomic mass is 10.1. The minimum absolute atomic E-state index is 0.757. The van der Waals surface area contributed by atoms with Gasteiger partial charge in [0.15, 0.2) is 6.29 Å². The summed E-state index contributed by atoms with van der Waals surface area (Å²) in [6.07, 6.45) is 8.20. The van der Waals surface area contributed by atoms with Gasteiger partial charge in [-0.05, 0) is 30.9 Å². The summed E-state index contributed by atoms with van der Waals surface area (Å²) in [4.78, 5) is 10.5. The first-order chi connectivity index (χ1) is 8.38. The molecule has 1 aromatic carbocycles. The van der Waals surface area contributed by atoms with Crippen LogP contribution in [0.2, 0.25) is 0 Å². The van der Waals surface area contributed by atoms with Gasteiger partial charge in [0.2, 0.25) is 0 Å². The van der Waals surface area contributed by atoms with Crippen molar-refractivity contribution in [2.75, 3.05) is 0 Å². The summed E-state index contributed by atoms with van der Waals surface area (Å²) < 4.78 is 2.08. The summed E-state index contributed by atoms with van der Waals surface area (Å²) in [6, 6.07) is 12.4. The summed E-state index contributed by atoms with van der Waals surface area (Å²) in [5.74, 6) is 0. The molecule has 0 amide bonds. The number of nitrogens with zero attached hydrogens (tertiary/aromatic N) is 1. The number of aromatic nitrogens is 1. The third-order valence-corrected chi connectivity index (χ3v) is 2.88. The smallest absolute Gasteiger partial charge is 0.151 e.